The number of ether oxygens (including phenoxy) is 1. The molecule has 1 aromatic rings. The number of furan rings is 1. The van der Waals surface area contributed by atoms with Gasteiger partial charge in [0.05, 0.1) is 25.1 Å². The average molecular weight is 427 g/mol. The minimum atomic E-state index is -0.622. The summed E-state index contributed by atoms with van der Waals surface area (Å²) in [5.74, 6) is 2.69. The zero-order chi connectivity index (χ0) is 22.0. The summed E-state index contributed by atoms with van der Waals surface area (Å²) < 4.78 is 11.4. The Bertz CT molecular complexity index is 820. The first-order valence-corrected chi connectivity index (χ1v) is 11.9. The Morgan fingerprint density at radius 2 is 2.16 bits per heavy atom. The molecule has 3 aliphatic rings. The highest BCUT2D eigenvalue weighted by Gasteiger charge is 2.50. The van der Waals surface area contributed by atoms with Crippen LogP contribution in [-0.2, 0) is 11.3 Å². The Morgan fingerprint density at radius 3 is 2.94 bits per heavy atom. The van der Waals surface area contributed by atoms with E-state index in [0.29, 0.717) is 42.6 Å². The van der Waals surface area contributed by atoms with Crippen molar-refractivity contribution in [3.63, 3.8) is 0 Å². The van der Waals surface area contributed by atoms with Gasteiger partial charge in [-0.25, -0.2) is 0 Å². The van der Waals surface area contributed by atoms with Gasteiger partial charge < -0.3 is 19.4 Å². The van der Waals surface area contributed by atoms with E-state index in [1.807, 2.05) is 12.1 Å². The lowest BCUT2D eigenvalue weighted by Gasteiger charge is -2.44. The molecule has 0 bridgehead atoms. The summed E-state index contributed by atoms with van der Waals surface area (Å²) in [6, 6.07) is 3.86. The second-order valence-electron chi connectivity index (χ2n) is 10.2. The normalized spacial score (nSPS) is 37.4. The Labute approximate surface area is 186 Å². The van der Waals surface area contributed by atoms with Crippen LogP contribution >= 0.6 is 0 Å². The van der Waals surface area contributed by atoms with Gasteiger partial charge >= 0.3 is 0 Å². The molecular formula is C27H38O4. The second kappa shape index (κ2) is 9.48. The smallest absolute Gasteiger partial charge is 0.129 e. The maximum atomic E-state index is 10.1. The molecule has 170 valence electrons. The summed E-state index contributed by atoms with van der Waals surface area (Å²) >= 11 is 0. The standard InChI is InChI=1S/C27H38O4/c1-18(16-30-17-23-7-5-13-31-23)24-10-11-25-20(6-4-12-27(24,25)3)8-9-21-14-22(28)15-26(29)19(21)2/h5,7-9,13,18,22,24-26,28-29H,2,4,6,10-12,14-17H2,1,3H3/b20-8+,21-9-/t18-,22-,24-,25+,26+,27-/m1/s1. The third kappa shape index (κ3) is 4.76. The topological polar surface area (TPSA) is 62.8 Å². The van der Waals surface area contributed by atoms with Crippen LogP contribution < -0.4 is 0 Å². The molecule has 0 spiro atoms. The van der Waals surface area contributed by atoms with Crippen molar-refractivity contribution in [3.05, 3.63) is 59.6 Å². The van der Waals surface area contributed by atoms with E-state index in [4.69, 9.17) is 9.15 Å². The Hall–Kier alpha value is -1.62. The van der Waals surface area contributed by atoms with Gasteiger partial charge in [0, 0.05) is 6.42 Å². The Balaban J connectivity index is 1.42. The molecule has 3 aliphatic carbocycles. The van der Waals surface area contributed by atoms with Crippen LogP contribution in [0, 0.1) is 23.2 Å². The highest BCUT2D eigenvalue weighted by Crippen LogP contribution is 2.59. The SMILES string of the molecule is C=C1/C(=C\C=C2/CCC[C@]3(C)[C@@H]([C@H](C)COCc4ccco4)CC[C@@H]23)C[C@@H](O)C[C@@H]1O. The molecule has 0 aliphatic heterocycles. The van der Waals surface area contributed by atoms with Crippen molar-refractivity contribution >= 4 is 0 Å². The minimum Gasteiger partial charge on any atom is -0.467 e. The summed E-state index contributed by atoms with van der Waals surface area (Å²) in [5, 5.41) is 20.2. The van der Waals surface area contributed by atoms with Crippen molar-refractivity contribution in [2.24, 2.45) is 23.2 Å². The van der Waals surface area contributed by atoms with E-state index >= 15 is 0 Å². The van der Waals surface area contributed by atoms with Gasteiger partial charge in [-0.15, -0.1) is 0 Å². The molecule has 4 heteroatoms. The van der Waals surface area contributed by atoms with Crippen LogP contribution in [-0.4, -0.2) is 29.0 Å². The van der Waals surface area contributed by atoms with Crippen molar-refractivity contribution in [2.75, 3.05) is 6.61 Å². The van der Waals surface area contributed by atoms with Gasteiger partial charge in [0.2, 0.25) is 0 Å². The number of rotatable bonds is 6. The molecule has 1 heterocycles. The molecule has 6 atom stereocenters. The number of fused-ring (bicyclic) bond motifs is 1. The molecule has 4 nitrogen and oxygen atoms in total. The van der Waals surface area contributed by atoms with Crippen molar-refractivity contribution < 1.29 is 19.4 Å². The lowest BCUT2D eigenvalue weighted by molar-refractivity contribution is 0.0227. The number of hydrogen-bond acceptors (Lipinski definition) is 4. The summed E-state index contributed by atoms with van der Waals surface area (Å²) in [6.45, 7) is 10.2. The summed E-state index contributed by atoms with van der Waals surface area (Å²) in [4.78, 5) is 0. The van der Waals surface area contributed by atoms with Gasteiger partial charge in [-0.05, 0) is 85.0 Å². The predicted octanol–water partition coefficient (Wildman–Crippen LogP) is 5.57. The van der Waals surface area contributed by atoms with Gasteiger partial charge in [0.25, 0.3) is 0 Å². The molecule has 3 saturated carbocycles. The lowest BCUT2D eigenvalue weighted by atomic mass is 9.61. The van der Waals surface area contributed by atoms with Gasteiger partial charge in [-0.3, -0.25) is 0 Å². The van der Waals surface area contributed by atoms with E-state index in [2.05, 4.69) is 32.6 Å². The maximum absolute atomic E-state index is 10.1. The molecule has 0 unspecified atom stereocenters. The molecule has 1 aromatic heterocycles. The zero-order valence-corrected chi connectivity index (χ0v) is 19.1. The molecule has 0 saturated heterocycles. The first-order valence-electron chi connectivity index (χ1n) is 11.9. The number of allylic oxidation sites excluding steroid dienone is 3. The molecule has 3 fully saturated rings. The summed E-state index contributed by atoms with van der Waals surface area (Å²) in [6.07, 6.45) is 12.2. The van der Waals surface area contributed by atoms with Gasteiger partial charge in [0.1, 0.15) is 12.4 Å². The highest BCUT2D eigenvalue weighted by molar-refractivity contribution is 5.38. The number of aliphatic hydroxyl groups excluding tert-OH is 2. The molecule has 0 aromatic carbocycles. The molecule has 4 rings (SSSR count). The third-order valence-electron chi connectivity index (χ3n) is 8.19. The molecule has 2 N–H and O–H groups in total. The highest BCUT2D eigenvalue weighted by atomic mass is 16.5. The van der Waals surface area contributed by atoms with Gasteiger partial charge in [-0.1, -0.05) is 38.2 Å². The fourth-order valence-corrected chi connectivity index (χ4v) is 6.54. The van der Waals surface area contributed by atoms with Crippen LogP contribution in [0.5, 0.6) is 0 Å². The van der Waals surface area contributed by atoms with Gasteiger partial charge in [0.15, 0.2) is 0 Å². The Kier molecular flexibility index (Phi) is 6.90. The van der Waals surface area contributed by atoms with E-state index in [-0.39, 0.29) is 0 Å². The van der Waals surface area contributed by atoms with E-state index in [1.165, 1.54) is 31.3 Å². The number of aliphatic hydroxyl groups is 2. The zero-order valence-electron chi connectivity index (χ0n) is 19.1. The van der Waals surface area contributed by atoms with E-state index in [1.54, 1.807) is 6.26 Å². The van der Waals surface area contributed by atoms with Crippen molar-refractivity contribution in [1.29, 1.82) is 0 Å². The van der Waals surface area contributed by atoms with Crippen molar-refractivity contribution in [1.82, 2.24) is 0 Å². The fourth-order valence-electron chi connectivity index (χ4n) is 6.54. The quantitative estimate of drug-likeness (QED) is 0.624. The molecule has 31 heavy (non-hydrogen) atoms. The largest absolute Gasteiger partial charge is 0.467 e. The average Bonchev–Trinajstić information content (AvgIpc) is 3.36. The van der Waals surface area contributed by atoms with Crippen LogP contribution in [0.25, 0.3) is 0 Å². The van der Waals surface area contributed by atoms with E-state index in [0.717, 1.165) is 29.9 Å². The molecule has 0 amide bonds. The summed E-state index contributed by atoms with van der Waals surface area (Å²) in [7, 11) is 0. The monoisotopic (exact) mass is 426 g/mol. The fraction of sp³-hybridized carbons (Fsp3) is 0.630. The minimum absolute atomic E-state index is 0.318. The second-order valence-corrected chi connectivity index (χ2v) is 10.2. The van der Waals surface area contributed by atoms with Crippen LogP contribution in [0.15, 0.2) is 58.3 Å². The molecule has 0 radical (unpaired) electrons. The van der Waals surface area contributed by atoms with E-state index < -0.39 is 12.2 Å². The maximum Gasteiger partial charge on any atom is 0.129 e. The van der Waals surface area contributed by atoms with E-state index in [9.17, 15) is 10.2 Å². The predicted molar refractivity (Wildman–Crippen MR) is 122 cm³/mol. The van der Waals surface area contributed by atoms with Crippen molar-refractivity contribution in [2.45, 2.75) is 77.6 Å². The third-order valence-corrected chi connectivity index (χ3v) is 8.19. The van der Waals surface area contributed by atoms with Crippen molar-refractivity contribution in [3.8, 4) is 0 Å². The first-order chi connectivity index (χ1) is 14.9. The van der Waals surface area contributed by atoms with Gasteiger partial charge in [-0.2, -0.15) is 0 Å². The van der Waals surface area contributed by atoms with Crippen LogP contribution in [0.4, 0.5) is 0 Å². The first kappa shape index (κ1) is 22.6. The summed E-state index contributed by atoms with van der Waals surface area (Å²) in [5.41, 5.74) is 3.63. The van der Waals surface area contributed by atoms with Crippen LogP contribution in [0.2, 0.25) is 0 Å². The Morgan fingerprint density at radius 1 is 1.32 bits per heavy atom. The lowest BCUT2D eigenvalue weighted by Crippen LogP contribution is -2.37. The molecular weight excluding hydrogens is 388 g/mol. The number of hydrogen-bond donors (Lipinski definition) is 2. The van der Waals surface area contributed by atoms with Crippen LogP contribution in [0.3, 0.4) is 0 Å². The van der Waals surface area contributed by atoms with Crippen LogP contribution in [0.1, 0.15) is 64.6 Å².